The Morgan fingerprint density at radius 3 is 2.69 bits per heavy atom. The first-order chi connectivity index (χ1) is 6.33. The number of methoxy groups -OCH3 is 1. The summed E-state index contributed by atoms with van der Waals surface area (Å²) in [7, 11) is 1.33. The summed E-state index contributed by atoms with van der Waals surface area (Å²) in [4.78, 5) is 10.6. The molecule has 0 saturated heterocycles. The Labute approximate surface area is 77.3 Å². The molecule has 3 heteroatoms. The molecule has 3 nitrogen and oxygen atoms in total. The standard InChI is InChI=1S/C10H11O3/c1-12-10(11)8-13-7-9-5-3-2-4-6-9/h2-7H,8H2,1H3. The molecule has 0 amide bonds. The molecule has 0 bridgehead atoms. The Hall–Kier alpha value is -1.35. The summed E-state index contributed by atoms with van der Waals surface area (Å²) in [5, 5.41) is 0. The molecule has 0 N–H and O–H groups in total. The highest BCUT2D eigenvalue weighted by molar-refractivity contribution is 5.70. The van der Waals surface area contributed by atoms with E-state index in [-0.39, 0.29) is 12.6 Å². The highest BCUT2D eigenvalue weighted by Gasteiger charge is 1.99. The lowest BCUT2D eigenvalue weighted by Crippen LogP contribution is -2.08. The van der Waals surface area contributed by atoms with Gasteiger partial charge in [0, 0.05) is 0 Å². The van der Waals surface area contributed by atoms with E-state index < -0.39 is 0 Å². The lowest BCUT2D eigenvalue weighted by molar-refractivity contribution is -0.144. The van der Waals surface area contributed by atoms with E-state index in [0.717, 1.165) is 5.56 Å². The van der Waals surface area contributed by atoms with Crippen LogP contribution in [-0.2, 0) is 14.3 Å². The first-order valence-electron chi connectivity index (χ1n) is 3.89. The summed E-state index contributed by atoms with van der Waals surface area (Å²) < 4.78 is 9.38. The molecule has 1 aromatic carbocycles. The van der Waals surface area contributed by atoms with Crippen LogP contribution in [0.1, 0.15) is 5.56 Å². The summed E-state index contributed by atoms with van der Waals surface area (Å²) in [6.07, 6.45) is 0. The number of ether oxygens (including phenoxy) is 2. The van der Waals surface area contributed by atoms with Crippen LogP contribution >= 0.6 is 0 Å². The molecule has 1 rings (SSSR count). The first-order valence-corrected chi connectivity index (χ1v) is 3.89. The van der Waals surface area contributed by atoms with Crippen LogP contribution in [-0.4, -0.2) is 19.7 Å². The van der Waals surface area contributed by atoms with Gasteiger partial charge in [-0.1, -0.05) is 30.3 Å². The van der Waals surface area contributed by atoms with Gasteiger partial charge in [-0.15, -0.1) is 0 Å². The second-order valence-electron chi connectivity index (χ2n) is 2.42. The molecule has 0 unspecified atom stereocenters. The zero-order valence-electron chi connectivity index (χ0n) is 7.40. The monoisotopic (exact) mass is 179 g/mol. The van der Waals surface area contributed by atoms with Crippen LogP contribution in [0.25, 0.3) is 0 Å². The highest BCUT2D eigenvalue weighted by Crippen LogP contribution is 2.02. The van der Waals surface area contributed by atoms with Crippen molar-refractivity contribution in [1.82, 2.24) is 0 Å². The molecule has 0 saturated carbocycles. The molecule has 69 valence electrons. The van der Waals surface area contributed by atoms with Crippen LogP contribution in [0, 0.1) is 6.61 Å². The highest BCUT2D eigenvalue weighted by atomic mass is 16.6. The maximum absolute atomic E-state index is 10.6. The molecular formula is C10H11O3. The van der Waals surface area contributed by atoms with Crippen LogP contribution in [0.4, 0.5) is 0 Å². The second kappa shape index (κ2) is 5.32. The van der Waals surface area contributed by atoms with E-state index >= 15 is 0 Å². The molecule has 0 aromatic heterocycles. The molecule has 0 fully saturated rings. The lowest BCUT2D eigenvalue weighted by atomic mass is 10.2. The van der Waals surface area contributed by atoms with E-state index in [9.17, 15) is 4.79 Å². The zero-order chi connectivity index (χ0) is 9.52. The summed E-state index contributed by atoms with van der Waals surface area (Å²) in [5.41, 5.74) is 0.923. The third-order valence-corrected chi connectivity index (χ3v) is 1.45. The van der Waals surface area contributed by atoms with Gasteiger partial charge in [0.15, 0.2) is 0 Å². The summed E-state index contributed by atoms with van der Waals surface area (Å²) in [6.45, 7) is 1.47. The minimum absolute atomic E-state index is 0.0502. The Balaban J connectivity index is 2.24. The maximum atomic E-state index is 10.6. The van der Waals surface area contributed by atoms with Crippen LogP contribution in [0.3, 0.4) is 0 Å². The van der Waals surface area contributed by atoms with E-state index in [1.54, 1.807) is 0 Å². The van der Waals surface area contributed by atoms with E-state index in [2.05, 4.69) is 4.74 Å². The minimum Gasteiger partial charge on any atom is -0.467 e. The van der Waals surface area contributed by atoms with E-state index in [1.165, 1.54) is 13.7 Å². The number of esters is 1. The molecule has 1 aromatic rings. The summed E-state index contributed by atoms with van der Waals surface area (Å²) in [5.74, 6) is -0.382. The van der Waals surface area contributed by atoms with Gasteiger partial charge in [0.25, 0.3) is 0 Å². The zero-order valence-corrected chi connectivity index (χ0v) is 7.40. The molecule has 0 aliphatic carbocycles. The average molecular weight is 179 g/mol. The fraction of sp³-hybridized carbons (Fsp3) is 0.200. The van der Waals surface area contributed by atoms with Crippen molar-refractivity contribution in [1.29, 1.82) is 0 Å². The quantitative estimate of drug-likeness (QED) is 0.655. The van der Waals surface area contributed by atoms with Gasteiger partial charge in [-0.25, -0.2) is 4.79 Å². The van der Waals surface area contributed by atoms with Gasteiger partial charge in [0.2, 0.25) is 0 Å². The third-order valence-electron chi connectivity index (χ3n) is 1.45. The van der Waals surface area contributed by atoms with Crippen LogP contribution < -0.4 is 0 Å². The van der Waals surface area contributed by atoms with E-state index in [0.29, 0.717) is 0 Å². The number of hydrogen-bond donors (Lipinski definition) is 0. The van der Waals surface area contributed by atoms with E-state index in [1.807, 2.05) is 30.3 Å². The number of carbonyl (C=O) groups excluding carboxylic acids is 1. The number of benzene rings is 1. The maximum Gasteiger partial charge on any atom is 0.331 e. The molecule has 13 heavy (non-hydrogen) atoms. The fourth-order valence-electron chi connectivity index (χ4n) is 0.796. The van der Waals surface area contributed by atoms with Gasteiger partial charge in [-0.05, 0) is 5.56 Å². The third kappa shape index (κ3) is 3.71. The largest absolute Gasteiger partial charge is 0.467 e. The number of rotatable bonds is 4. The normalized spacial score (nSPS) is 9.62. The predicted octanol–water partition coefficient (Wildman–Crippen LogP) is 1.39. The van der Waals surface area contributed by atoms with Crippen molar-refractivity contribution in [2.45, 2.75) is 0 Å². The average Bonchev–Trinajstić information content (AvgIpc) is 2.19. The van der Waals surface area contributed by atoms with Gasteiger partial charge >= 0.3 is 5.97 Å². The van der Waals surface area contributed by atoms with Crippen molar-refractivity contribution in [2.24, 2.45) is 0 Å². The molecule has 1 radical (unpaired) electrons. The molecule has 0 spiro atoms. The first kappa shape index (κ1) is 9.74. The van der Waals surface area contributed by atoms with Crippen molar-refractivity contribution in [2.75, 3.05) is 13.7 Å². The van der Waals surface area contributed by atoms with E-state index in [4.69, 9.17) is 4.74 Å². The molecular weight excluding hydrogens is 168 g/mol. The predicted molar refractivity (Wildman–Crippen MR) is 47.8 cm³/mol. The van der Waals surface area contributed by atoms with Gasteiger partial charge in [-0.2, -0.15) is 0 Å². The van der Waals surface area contributed by atoms with Crippen LogP contribution in [0.2, 0.25) is 0 Å². The van der Waals surface area contributed by atoms with Gasteiger partial charge in [-0.3, -0.25) is 0 Å². The molecule has 0 aliphatic heterocycles. The lowest BCUT2D eigenvalue weighted by Gasteiger charge is -2.01. The summed E-state index contributed by atoms with van der Waals surface area (Å²) in [6, 6.07) is 9.48. The van der Waals surface area contributed by atoms with Crippen LogP contribution in [0.15, 0.2) is 30.3 Å². The fourth-order valence-corrected chi connectivity index (χ4v) is 0.796. The van der Waals surface area contributed by atoms with Crippen molar-refractivity contribution >= 4 is 5.97 Å². The van der Waals surface area contributed by atoms with Crippen molar-refractivity contribution < 1.29 is 14.3 Å². The number of hydrogen-bond acceptors (Lipinski definition) is 3. The Bertz CT molecular complexity index is 256. The van der Waals surface area contributed by atoms with Crippen molar-refractivity contribution in [3.8, 4) is 0 Å². The molecule has 0 heterocycles. The molecule has 0 atom stereocenters. The molecule has 0 aliphatic rings. The Morgan fingerprint density at radius 1 is 1.38 bits per heavy atom. The van der Waals surface area contributed by atoms with Gasteiger partial charge in [0.05, 0.1) is 7.11 Å². The number of carbonyl (C=O) groups is 1. The topological polar surface area (TPSA) is 35.5 Å². The van der Waals surface area contributed by atoms with Crippen LogP contribution in [0.5, 0.6) is 0 Å². The van der Waals surface area contributed by atoms with Crippen molar-refractivity contribution in [3.05, 3.63) is 42.5 Å². The Morgan fingerprint density at radius 2 is 2.08 bits per heavy atom. The SMILES string of the molecule is COC(=O)CO[CH]c1ccccc1. The minimum atomic E-state index is -0.382. The second-order valence-corrected chi connectivity index (χ2v) is 2.42. The Kier molecular flexibility index (Phi) is 3.99. The summed E-state index contributed by atoms with van der Waals surface area (Å²) >= 11 is 0. The van der Waals surface area contributed by atoms with Gasteiger partial charge < -0.3 is 9.47 Å². The van der Waals surface area contributed by atoms with Gasteiger partial charge in [0.1, 0.15) is 13.2 Å². The smallest absolute Gasteiger partial charge is 0.331 e. The van der Waals surface area contributed by atoms with Crippen molar-refractivity contribution in [3.63, 3.8) is 0 Å².